The van der Waals surface area contributed by atoms with Crippen molar-refractivity contribution >= 4 is 17.8 Å². The highest BCUT2D eigenvalue weighted by atomic mass is 16.5. The number of hydrogen-bond donors (Lipinski definition) is 4. The number of nitrogens with one attached hydrogen (secondary N) is 2. The number of anilines is 3. The van der Waals surface area contributed by atoms with Gasteiger partial charge in [-0.1, -0.05) is 42.5 Å². The van der Waals surface area contributed by atoms with E-state index in [9.17, 15) is 10.3 Å². The number of nitrogens with zero attached hydrogens (tertiary/aromatic N) is 4. The molecule has 0 amide bonds. The largest absolute Gasteiger partial charge is 0.508 e. The Morgan fingerprint density at radius 3 is 2.17 bits per heavy atom. The molecule has 3 rings (SSSR count). The molecular formula is C21H26N6O2. The molecule has 0 radical (unpaired) electrons. The molecule has 0 fully saturated rings. The maximum absolute atomic E-state index is 10.3. The van der Waals surface area contributed by atoms with Crippen molar-refractivity contribution in [1.82, 2.24) is 15.0 Å². The molecule has 0 bridgehead atoms. The summed E-state index contributed by atoms with van der Waals surface area (Å²) >= 11 is 0. The van der Waals surface area contributed by atoms with Crippen molar-refractivity contribution in [2.45, 2.75) is 32.9 Å². The van der Waals surface area contributed by atoms with Gasteiger partial charge in [0.25, 0.3) is 5.95 Å². The first-order chi connectivity index (χ1) is 14.0. The molecule has 0 saturated heterocycles. The van der Waals surface area contributed by atoms with Crippen molar-refractivity contribution in [2.24, 2.45) is 0 Å². The number of rotatable bonds is 9. The zero-order valence-corrected chi connectivity index (χ0v) is 16.6. The van der Waals surface area contributed by atoms with E-state index in [1.54, 1.807) is 12.1 Å². The van der Waals surface area contributed by atoms with Crippen LogP contribution in [0.3, 0.4) is 0 Å². The number of aromatic hydroxyl groups is 1. The van der Waals surface area contributed by atoms with Crippen LogP contribution in [0, 0.1) is 0 Å². The standard InChI is InChI=1S/C21H26N6O2/c1-15(2)27(29)21-25-19(22-13-12-16-8-10-18(28)11-9-16)24-20(26-21)23-14-17-6-4-3-5-7-17/h3-11,15,28-29H,12-14H2,1-2H3,(H2,22,23,24,25,26). The van der Waals surface area contributed by atoms with Gasteiger partial charge in [-0.3, -0.25) is 5.21 Å². The van der Waals surface area contributed by atoms with Crippen LogP contribution in [0.2, 0.25) is 0 Å². The molecule has 8 nitrogen and oxygen atoms in total. The lowest BCUT2D eigenvalue weighted by Crippen LogP contribution is -2.29. The third kappa shape index (κ3) is 6.05. The fourth-order valence-electron chi connectivity index (χ4n) is 2.61. The predicted molar refractivity (Wildman–Crippen MR) is 113 cm³/mol. The lowest BCUT2D eigenvalue weighted by molar-refractivity contribution is 0.222. The molecule has 0 saturated carbocycles. The zero-order valence-electron chi connectivity index (χ0n) is 16.6. The van der Waals surface area contributed by atoms with Crippen LogP contribution >= 0.6 is 0 Å². The average Bonchev–Trinajstić information content (AvgIpc) is 2.73. The Bertz CT molecular complexity index is 903. The van der Waals surface area contributed by atoms with E-state index in [0.29, 0.717) is 25.0 Å². The molecular weight excluding hydrogens is 368 g/mol. The van der Waals surface area contributed by atoms with Crippen molar-refractivity contribution in [3.05, 3.63) is 65.7 Å². The maximum Gasteiger partial charge on any atom is 0.256 e. The molecule has 8 heteroatoms. The lowest BCUT2D eigenvalue weighted by Gasteiger charge is -2.20. The predicted octanol–water partition coefficient (Wildman–Crippen LogP) is 3.45. The van der Waals surface area contributed by atoms with Crippen LogP contribution in [0.15, 0.2) is 54.6 Å². The fourth-order valence-corrected chi connectivity index (χ4v) is 2.61. The molecule has 29 heavy (non-hydrogen) atoms. The summed E-state index contributed by atoms with van der Waals surface area (Å²) in [6, 6.07) is 16.8. The quantitative estimate of drug-likeness (QED) is 0.409. The highest BCUT2D eigenvalue weighted by Crippen LogP contribution is 2.16. The van der Waals surface area contributed by atoms with E-state index in [-0.39, 0.29) is 17.7 Å². The number of hydroxylamine groups is 1. The van der Waals surface area contributed by atoms with Gasteiger partial charge in [0.15, 0.2) is 0 Å². The zero-order chi connectivity index (χ0) is 20.6. The second-order valence-electron chi connectivity index (χ2n) is 6.90. The molecule has 0 unspecified atom stereocenters. The van der Waals surface area contributed by atoms with Gasteiger partial charge in [0.05, 0.1) is 6.04 Å². The molecule has 2 aromatic carbocycles. The van der Waals surface area contributed by atoms with E-state index in [1.165, 1.54) is 0 Å². The Kier molecular flexibility index (Phi) is 6.80. The van der Waals surface area contributed by atoms with Gasteiger partial charge in [-0.25, -0.2) is 5.06 Å². The van der Waals surface area contributed by atoms with Crippen LogP contribution in [-0.2, 0) is 13.0 Å². The topological polar surface area (TPSA) is 106 Å². The van der Waals surface area contributed by atoms with Gasteiger partial charge in [-0.15, -0.1) is 0 Å². The molecule has 0 spiro atoms. The molecule has 3 aromatic rings. The summed E-state index contributed by atoms with van der Waals surface area (Å²) in [5, 5.41) is 27.0. The molecule has 0 aliphatic heterocycles. The van der Waals surface area contributed by atoms with E-state index in [4.69, 9.17) is 0 Å². The van der Waals surface area contributed by atoms with E-state index in [2.05, 4.69) is 25.6 Å². The van der Waals surface area contributed by atoms with Crippen molar-refractivity contribution in [3.63, 3.8) is 0 Å². The van der Waals surface area contributed by atoms with Gasteiger partial charge in [0.2, 0.25) is 11.9 Å². The number of hydrogen-bond acceptors (Lipinski definition) is 8. The third-order valence-corrected chi connectivity index (χ3v) is 4.24. The van der Waals surface area contributed by atoms with Gasteiger partial charge in [-0.2, -0.15) is 15.0 Å². The van der Waals surface area contributed by atoms with Gasteiger partial charge in [0.1, 0.15) is 5.75 Å². The van der Waals surface area contributed by atoms with Crippen LogP contribution in [-0.4, -0.2) is 37.9 Å². The first-order valence-corrected chi connectivity index (χ1v) is 9.55. The van der Waals surface area contributed by atoms with Crippen LogP contribution in [0.25, 0.3) is 0 Å². The molecule has 0 aliphatic carbocycles. The monoisotopic (exact) mass is 394 g/mol. The summed E-state index contributed by atoms with van der Waals surface area (Å²) in [7, 11) is 0. The van der Waals surface area contributed by atoms with E-state index in [1.807, 2.05) is 56.3 Å². The van der Waals surface area contributed by atoms with Gasteiger partial charge in [-0.05, 0) is 43.5 Å². The molecule has 1 heterocycles. The Labute approximate surface area is 170 Å². The Morgan fingerprint density at radius 2 is 1.52 bits per heavy atom. The highest BCUT2D eigenvalue weighted by Gasteiger charge is 2.14. The van der Waals surface area contributed by atoms with Crippen LogP contribution in [0.5, 0.6) is 5.75 Å². The van der Waals surface area contributed by atoms with Crippen molar-refractivity contribution in [3.8, 4) is 5.75 Å². The lowest BCUT2D eigenvalue weighted by atomic mass is 10.1. The van der Waals surface area contributed by atoms with Crippen LogP contribution < -0.4 is 15.7 Å². The van der Waals surface area contributed by atoms with E-state index in [0.717, 1.165) is 22.6 Å². The maximum atomic E-state index is 10.3. The summed E-state index contributed by atoms with van der Waals surface area (Å²) in [4.78, 5) is 13.1. The summed E-state index contributed by atoms with van der Waals surface area (Å²) in [5.74, 6) is 1.18. The molecule has 4 N–H and O–H groups in total. The summed E-state index contributed by atoms with van der Waals surface area (Å²) in [6.45, 7) is 4.85. The second-order valence-corrected chi connectivity index (χ2v) is 6.90. The summed E-state index contributed by atoms with van der Waals surface area (Å²) in [5.41, 5.74) is 2.18. The average molecular weight is 394 g/mol. The number of phenols is 1. The molecule has 152 valence electrons. The molecule has 1 aromatic heterocycles. The minimum atomic E-state index is -0.177. The van der Waals surface area contributed by atoms with Gasteiger partial charge >= 0.3 is 0 Å². The van der Waals surface area contributed by atoms with Crippen molar-refractivity contribution < 1.29 is 10.3 Å². The summed E-state index contributed by atoms with van der Waals surface area (Å²) < 4.78 is 0. The smallest absolute Gasteiger partial charge is 0.256 e. The molecule has 0 aliphatic rings. The minimum absolute atomic E-state index is 0.177. The van der Waals surface area contributed by atoms with Crippen molar-refractivity contribution in [1.29, 1.82) is 0 Å². The first kappa shape index (κ1) is 20.3. The number of aromatic nitrogens is 3. The SMILES string of the molecule is CC(C)N(O)c1nc(NCCc2ccc(O)cc2)nc(NCc2ccccc2)n1. The fraction of sp³-hybridized carbons (Fsp3) is 0.286. The van der Waals surface area contributed by atoms with E-state index < -0.39 is 0 Å². The Balaban J connectivity index is 1.70. The van der Waals surface area contributed by atoms with Crippen LogP contribution in [0.4, 0.5) is 17.8 Å². The number of benzene rings is 2. The van der Waals surface area contributed by atoms with Gasteiger partial charge < -0.3 is 15.7 Å². The Hall–Kier alpha value is -3.39. The van der Waals surface area contributed by atoms with Crippen LogP contribution in [0.1, 0.15) is 25.0 Å². The van der Waals surface area contributed by atoms with Crippen molar-refractivity contribution in [2.75, 3.05) is 22.2 Å². The first-order valence-electron chi connectivity index (χ1n) is 9.55. The van der Waals surface area contributed by atoms with Gasteiger partial charge in [0, 0.05) is 13.1 Å². The minimum Gasteiger partial charge on any atom is -0.508 e. The second kappa shape index (κ2) is 9.70. The van der Waals surface area contributed by atoms with E-state index >= 15 is 0 Å². The third-order valence-electron chi connectivity index (χ3n) is 4.24. The Morgan fingerprint density at radius 1 is 0.862 bits per heavy atom. The molecule has 0 atom stereocenters. The summed E-state index contributed by atoms with van der Waals surface area (Å²) in [6.07, 6.45) is 0.737. The number of phenolic OH excluding ortho intramolecular Hbond substituents is 1. The normalized spacial score (nSPS) is 10.8. The highest BCUT2D eigenvalue weighted by molar-refractivity contribution is 5.43.